The van der Waals surface area contributed by atoms with Crippen LogP contribution in [0.3, 0.4) is 0 Å². The van der Waals surface area contributed by atoms with Crippen LogP contribution < -0.4 is 9.47 Å². The van der Waals surface area contributed by atoms with E-state index in [1.807, 2.05) is 30.3 Å². The molecule has 0 spiro atoms. The molecule has 0 fully saturated rings. The van der Waals surface area contributed by atoms with Crippen LogP contribution in [0.1, 0.15) is 23.5 Å². The summed E-state index contributed by atoms with van der Waals surface area (Å²) in [4.78, 5) is 11.2. The van der Waals surface area contributed by atoms with Gasteiger partial charge in [-0.2, -0.15) is 0 Å². The molecule has 0 amide bonds. The molecule has 1 heterocycles. The normalized spacial score (nSPS) is 19.7. The lowest BCUT2D eigenvalue weighted by Gasteiger charge is -2.30. The van der Waals surface area contributed by atoms with Crippen LogP contribution in [0.4, 0.5) is 4.79 Å². The molecule has 0 unspecified atom stereocenters. The summed E-state index contributed by atoms with van der Waals surface area (Å²) in [5.41, 5.74) is 1.94. The molecule has 0 saturated heterocycles. The Morgan fingerprint density at radius 3 is 2.73 bits per heavy atom. The number of aliphatic hydroxyl groups excluding tert-OH is 1. The first kappa shape index (κ1) is 14.4. The van der Waals surface area contributed by atoms with Gasteiger partial charge in [-0.1, -0.05) is 30.3 Å². The van der Waals surface area contributed by atoms with E-state index >= 15 is 0 Å². The number of hydrogen-bond acceptors (Lipinski definition) is 5. The largest absolute Gasteiger partial charge is 0.513 e. The number of hydrogen-bond donors (Lipinski definition) is 1. The van der Waals surface area contributed by atoms with E-state index < -0.39 is 12.4 Å². The van der Waals surface area contributed by atoms with Crippen LogP contribution in [0.25, 0.3) is 0 Å². The first-order valence-corrected chi connectivity index (χ1v) is 6.97. The molecule has 0 bridgehead atoms. The monoisotopic (exact) mass is 300 g/mol. The van der Waals surface area contributed by atoms with Crippen molar-refractivity contribution in [2.75, 3.05) is 7.11 Å². The average Bonchev–Trinajstić information content (AvgIpc) is 2.55. The molecule has 2 aromatic rings. The van der Waals surface area contributed by atoms with E-state index in [0.29, 0.717) is 17.9 Å². The number of carbonyl (C=O) groups is 1. The lowest BCUT2D eigenvalue weighted by atomic mass is 9.86. The van der Waals surface area contributed by atoms with Crippen LogP contribution in [0.5, 0.6) is 11.5 Å². The van der Waals surface area contributed by atoms with Crippen molar-refractivity contribution in [2.45, 2.75) is 18.6 Å². The Kier molecular flexibility index (Phi) is 3.98. The van der Waals surface area contributed by atoms with Crippen molar-refractivity contribution in [3.8, 4) is 11.5 Å². The Labute approximate surface area is 128 Å². The topological polar surface area (TPSA) is 65.0 Å². The fourth-order valence-electron chi connectivity index (χ4n) is 2.63. The summed E-state index contributed by atoms with van der Waals surface area (Å²) in [5.74, 6) is 0.942. The molecule has 3 rings (SSSR count). The lowest BCUT2D eigenvalue weighted by molar-refractivity contribution is -0.0360. The van der Waals surface area contributed by atoms with Crippen molar-refractivity contribution >= 4 is 6.16 Å². The predicted octanol–water partition coefficient (Wildman–Crippen LogP) is 3.06. The molecule has 5 nitrogen and oxygen atoms in total. The van der Waals surface area contributed by atoms with E-state index in [1.165, 1.54) is 7.11 Å². The van der Waals surface area contributed by atoms with E-state index in [0.717, 1.165) is 11.1 Å². The zero-order valence-corrected chi connectivity index (χ0v) is 12.1. The standard InChI is InChI=1S/C17H16O5/c1-20-17(19)21-12-7-8-15-14(9-12)13(10-16(18)22-15)11-5-3-2-4-6-11/h2-9,13,16,18H,10H2,1H3/t13-,16-/m1/s1. The molecule has 1 aliphatic heterocycles. The quantitative estimate of drug-likeness (QED) is 0.682. The van der Waals surface area contributed by atoms with Gasteiger partial charge in [-0.25, -0.2) is 4.79 Å². The van der Waals surface area contributed by atoms with Crippen molar-refractivity contribution in [1.82, 2.24) is 0 Å². The third-order valence-electron chi connectivity index (χ3n) is 3.63. The summed E-state index contributed by atoms with van der Waals surface area (Å²) < 4.78 is 15.0. The highest BCUT2D eigenvalue weighted by atomic mass is 16.7. The zero-order valence-electron chi connectivity index (χ0n) is 12.1. The second kappa shape index (κ2) is 6.07. The van der Waals surface area contributed by atoms with E-state index in [2.05, 4.69) is 4.74 Å². The Hall–Kier alpha value is -2.53. The first-order chi connectivity index (χ1) is 10.7. The molecule has 0 saturated carbocycles. The number of methoxy groups -OCH3 is 1. The van der Waals surface area contributed by atoms with Gasteiger partial charge in [0.05, 0.1) is 7.11 Å². The van der Waals surface area contributed by atoms with Gasteiger partial charge in [-0.3, -0.25) is 0 Å². The Bertz CT molecular complexity index is 668. The van der Waals surface area contributed by atoms with Crippen molar-refractivity contribution < 1.29 is 24.1 Å². The molecule has 22 heavy (non-hydrogen) atoms. The molecule has 0 aromatic heterocycles. The fraction of sp³-hybridized carbons (Fsp3) is 0.235. The fourth-order valence-corrected chi connectivity index (χ4v) is 2.63. The maximum absolute atomic E-state index is 11.2. The lowest BCUT2D eigenvalue weighted by Crippen LogP contribution is -2.25. The molecule has 5 heteroatoms. The molecule has 2 aromatic carbocycles. The highest BCUT2D eigenvalue weighted by molar-refractivity contribution is 5.64. The van der Waals surface area contributed by atoms with Crippen molar-refractivity contribution in [3.05, 3.63) is 59.7 Å². The highest BCUT2D eigenvalue weighted by Crippen LogP contribution is 2.41. The molecule has 2 atom stereocenters. The molecule has 1 aliphatic rings. The van der Waals surface area contributed by atoms with Crippen LogP contribution in [-0.4, -0.2) is 24.7 Å². The number of fused-ring (bicyclic) bond motifs is 1. The minimum absolute atomic E-state index is 0.0267. The number of benzene rings is 2. The van der Waals surface area contributed by atoms with Crippen LogP contribution in [0, 0.1) is 0 Å². The first-order valence-electron chi connectivity index (χ1n) is 6.97. The van der Waals surface area contributed by atoms with Gasteiger partial charge in [0.1, 0.15) is 11.5 Å². The third kappa shape index (κ3) is 2.89. The minimum Gasteiger partial charge on any atom is -0.465 e. The number of aliphatic hydroxyl groups is 1. The van der Waals surface area contributed by atoms with Crippen molar-refractivity contribution in [3.63, 3.8) is 0 Å². The summed E-state index contributed by atoms with van der Waals surface area (Å²) in [5, 5.41) is 9.91. The smallest absolute Gasteiger partial charge is 0.465 e. The summed E-state index contributed by atoms with van der Waals surface area (Å²) in [7, 11) is 1.26. The molecule has 1 N–H and O–H groups in total. The third-order valence-corrected chi connectivity index (χ3v) is 3.63. The van der Waals surface area contributed by atoms with Crippen LogP contribution in [-0.2, 0) is 4.74 Å². The minimum atomic E-state index is -0.856. The van der Waals surface area contributed by atoms with Gasteiger partial charge in [0.15, 0.2) is 6.29 Å². The van der Waals surface area contributed by atoms with Crippen molar-refractivity contribution in [2.24, 2.45) is 0 Å². The molecular formula is C17H16O5. The highest BCUT2D eigenvalue weighted by Gasteiger charge is 2.29. The van der Waals surface area contributed by atoms with Gasteiger partial charge in [0, 0.05) is 17.9 Å². The van der Waals surface area contributed by atoms with Crippen LogP contribution >= 0.6 is 0 Å². The summed E-state index contributed by atoms with van der Waals surface area (Å²) >= 11 is 0. The SMILES string of the molecule is COC(=O)Oc1ccc2c(c1)[C@@H](c1ccccc1)C[C@H](O)O2. The van der Waals surface area contributed by atoms with E-state index in [1.54, 1.807) is 18.2 Å². The second-order valence-electron chi connectivity index (χ2n) is 5.03. The predicted molar refractivity (Wildman–Crippen MR) is 79.0 cm³/mol. The Balaban J connectivity index is 1.98. The van der Waals surface area contributed by atoms with Gasteiger partial charge >= 0.3 is 6.16 Å². The second-order valence-corrected chi connectivity index (χ2v) is 5.03. The Morgan fingerprint density at radius 2 is 2.00 bits per heavy atom. The van der Waals surface area contributed by atoms with E-state index in [-0.39, 0.29) is 5.92 Å². The molecule has 0 aliphatic carbocycles. The maximum atomic E-state index is 11.2. The van der Waals surface area contributed by atoms with Gasteiger partial charge in [0.2, 0.25) is 0 Å². The number of carbonyl (C=O) groups excluding carboxylic acids is 1. The van der Waals surface area contributed by atoms with Crippen molar-refractivity contribution in [1.29, 1.82) is 0 Å². The van der Waals surface area contributed by atoms with Gasteiger partial charge in [0.25, 0.3) is 0 Å². The van der Waals surface area contributed by atoms with E-state index in [4.69, 9.17) is 9.47 Å². The molecule has 114 valence electrons. The Morgan fingerprint density at radius 1 is 1.23 bits per heavy atom. The van der Waals surface area contributed by atoms with Crippen LogP contribution in [0.15, 0.2) is 48.5 Å². The average molecular weight is 300 g/mol. The number of rotatable bonds is 2. The maximum Gasteiger partial charge on any atom is 0.513 e. The molecule has 0 radical (unpaired) electrons. The summed E-state index contributed by atoms with van der Waals surface area (Å²) in [6.45, 7) is 0. The summed E-state index contributed by atoms with van der Waals surface area (Å²) in [6.07, 6.45) is -1.18. The number of ether oxygens (including phenoxy) is 3. The van der Waals surface area contributed by atoms with Gasteiger partial charge < -0.3 is 19.3 Å². The zero-order chi connectivity index (χ0) is 15.5. The molecular weight excluding hydrogens is 284 g/mol. The van der Waals surface area contributed by atoms with Gasteiger partial charge in [-0.15, -0.1) is 0 Å². The van der Waals surface area contributed by atoms with E-state index in [9.17, 15) is 9.90 Å². The summed E-state index contributed by atoms with van der Waals surface area (Å²) in [6, 6.07) is 14.9. The van der Waals surface area contributed by atoms with Crippen LogP contribution in [0.2, 0.25) is 0 Å². The van der Waals surface area contributed by atoms with Gasteiger partial charge in [-0.05, 0) is 23.8 Å².